The molecule has 1 aliphatic carbocycles. The van der Waals surface area contributed by atoms with Gasteiger partial charge in [0, 0.05) is 17.4 Å². The number of hydrogen-bond acceptors (Lipinski definition) is 4. The summed E-state index contributed by atoms with van der Waals surface area (Å²) in [6.45, 7) is 2.06. The van der Waals surface area contributed by atoms with Crippen LogP contribution in [0.1, 0.15) is 36.7 Å². The lowest BCUT2D eigenvalue weighted by molar-refractivity contribution is -0.126. The van der Waals surface area contributed by atoms with Crippen LogP contribution < -0.4 is 5.32 Å². The zero-order chi connectivity index (χ0) is 17.2. The van der Waals surface area contributed by atoms with Crippen LogP contribution in [0.3, 0.4) is 0 Å². The summed E-state index contributed by atoms with van der Waals surface area (Å²) in [6.07, 6.45) is 2.58. The highest BCUT2D eigenvalue weighted by Crippen LogP contribution is 2.27. The van der Waals surface area contributed by atoms with E-state index in [-0.39, 0.29) is 18.4 Å². The van der Waals surface area contributed by atoms with Crippen LogP contribution in [0.5, 0.6) is 0 Å². The quantitative estimate of drug-likeness (QED) is 0.770. The smallest absolute Gasteiger partial charge is 0.223 e. The molecular weight excluding hydrogens is 328 g/mol. The normalized spacial score (nSPS) is 19.4. The summed E-state index contributed by atoms with van der Waals surface area (Å²) < 4.78 is 0. The summed E-state index contributed by atoms with van der Waals surface area (Å²) in [5.41, 5.74) is 1.46. The number of aliphatic hydroxyl groups is 1. The van der Waals surface area contributed by atoms with E-state index < -0.39 is 5.60 Å². The van der Waals surface area contributed by atoms with Crippen molar-refractivity contribution in [2.24, 2.45) is 5.92 Å². The first kappa shape index (κ1) is 16.9. The Morgan fingerprint density at radius 1 is 1.38 bits per heavy atom. The summed E-state index contributed by atoms with van der Waals surface area (Å²) >= 11 is 5.90. The van der Waals surface area contributed by atoms with Crippen LogP contribution in [0.15, 0.2) is 24.3 Å². The topological polar surface area (TPSA) is 90.9 Å². The van der Waals surface area contributed by atoms with Crippen LogP contribution >= 0.6 is 11.6 Å². The highest BCUT2D eigenvalue weighted by molar-refractivity contribution is 6.30. The molecule has 24 heavy (non-hydrogen) atoms. The van der Waals surface area contributed by atoms with Crippen LogP contribution in [0.4, 0.5) is 0 Å². The third-order valence-electron chi connectivity index (χ3n) is 4.76. The molecule has 128 valence electrons. The van der Waals surface area contributed by atoms with E-state index in [1.54, 1.807) is 24.3 Å². The number of benzene rings is 1. The van der Waals surface area contributed by atoms with Gasteiger partial charge >= 0.3 is 0 Å². The van der Waals surface area contributed by atoms with E-state index in [2.05, 4.69) is 20.7 Å². The highest BCUT2D eigenvalue weighted by Gasteiger charge is 2.31. The van der Waals surface area contributed by atoms with E-state index >= 15 is 0 Å². The number of aromatic nitrogens is 3. The number of halogens is 1. The number of hydrogen-bond donors (Lipinski definition) is 3. The number of nitrogens with zero attached hydrogens (tertiary/aromatic N) is 2. The van der Waals surface area contributed by atoms with Gasteiger partial charge in [-0.15, -0.1) is 0 Å². The van der Waals surface area contributed by atoms with E-state index in [9.17, 15) is 9.90 Å². The molecule has 2 aromatic rings. The average Bonchev–Trinajstić information content (AvgIpc) is 3.07. The number of carbonyl (C=O) groups excluding carboxylic acids is 1. The third-order valence-corrected chi connectivity index (χ3v) is 5.02. The summed E-state index contributed by atoms with van der Waals surface area (Å²) in [4.78, 5) is 12.5. The number of rotatable bonds is 5. The van der Waals surface area contributed by atoms with Crippen LogP contribution in [0, 0.1) is 5.92 Å². The predicted octanol–water partition coefficient (Wildman–Crippen LogP) is 1.98. The molecule has 1 aromatic heterocycles. The molecule has 0 saturated carbocycles. The Morgan fingerprint density at radius 2 is 2.08 bits per heavy atom. The third kappa shape index (κ3) is 3.44. The highest BCUT2D eigenvalue weighted by atomic mass is 35.5. The van der Waals surface area contributed by atoms with Gasteiger partial charge in [-0.2, -0.15) is 15.4 Å². The van der Waals surface area contributed by atoms with Gasteiger partial charge in [-0.3, -0.25) is 4.79 Å². The van der Waals surface area contributed by atoms with Crippen molar-refractivity contribution in [2.45, 2.75) is 38.2 Å². The van der Waals surface area contributed by atoms with Crippen LogP contribution in [0.25, 0.3) is 0 Å². The molecule has 0 aliphatic heterocycles. The predicted molar refractivity (Wildman–Crippen MR) is 90.5 cm³/mol. The summed E-state index contributed by atoms with van der Waals surface area (Å²) in [5.74, 6) is -0.182. The lowest BCUT2D eigenvalue weighted by atomic mass is 9.88. The van der Waals surface area contributed by atoms with E-state index in [1.165, 1.54) is 0 Å². The number of aryl methyl sites for hydroxylation is 1. The molecular formula is C17H21ClN4O2. The molecule has 1 amide bonds. The summed E-state index contributed by atoms with van der Waals surface area (Å²) in [7, 11) is 0. The molecule has 1 aliphatic rings. The summed E-state index contributed by atoms with van der Waals surface area (Å²) in [6, 6.07) is 7.07. The number of aromatic amines is 1. The standard InChI is InChI=1S/C17H21ClN4O2/c1-2-17(24,12-4-6-13(18)7-5-12)10-19-16(23)11-3-8-14-15(9-11)21-22-20-14/h4-7,11,24H,2-3,8-10H2,1H3,(H,19,23)(H,20,21,22). The Balaban J connectivity index is 1.63. The van der Waals surface area contributed by atoms with Crippen molar-refractivity contribution in [3.8, 4) is 0 Å². The lowest BCUT2D eigenvalue weighted by Crippen LogP contribution is -2.43. The second kappa shape index (κ2) is 6.91. The first-order chi connectivity index (χ1) is 11.5. The second-order valence-electron chi connectivity index (χ2n) is 6.27. The minimum atomic E-state index is -1.10. The van der Waals surface area contributed by atoms with Crippen molar-refractivity contribution in [1.29, 1.82) is 0 Å². The maximum absolute atomic E-state index is 12.5. The summed E-state index contributed by atoms with van der Waals surface area (Å²) in [5, 5.41) is 25.2. The minimum Gasteiger partial charge on any atom is -0.383 e. The second-order valence-corrected chi connectivity index (χ2v) is 6.70. The fourth-order valence-corrected chi connectivity index (χ4v) is 3.20. The van der Waals surface area contributed by atoms with E-state index in [0.717, 1.165) is 29.8 Å². The first-order valence-corrected chi connectivity index (χ1v) is 8.54. The van der Waals surface area contributed by atoms with Gasteiger partial charge in [0.2, 0.25) is 5.91 Å². The maximum Gasteiger partial charge on any atom is 0.223 e. The van der Waals surface area contributed by atoms with Gasteiger partial charge in [-0.05, 0) is 37.0 Å². The maximum atomic E-state index is 12.5. The zero-order valence-electron chi connectivity index (χ0n) is 13.6. The van der Waals surface area contributed by atoms with Crippen LogP contribution in [-0.2, 0) is 23.2 Å². The van der Waals surface area contributed by atoms with Crippen LogP contribution in [-0.4, -0.2) is 33.0 Å². The molecule has 1 aromatic carbocycles. The van der Waals surface area contributed by atoms with Gasteiger partial charge in [0.25, 0.3) is 0 Å². The molecule has 0 fully saturated rings. The Hall–Kier alpha value is -1.92. The van der Waals surface area contributed by atoms with Gasteiger partial charge in [0.15, 0.2) is 0 Å². The number of fused-ring (bicyclic) bond motifs is 1. The van der Waals surface area contributed by atoms with Crippen molar-refractivity contribution >= 4 is 17.5 Å². The molecule has 6 nitrogen and oxygen atoms in total. The van der Waals surface area contributed by atoms with Gasteiger partial charge in [0.05, 0.1) is 17.9 Å². The Kier molecular flexibility index (Phi) is 4.87. The van der Waals surface area contributed by atoms with Gasteiger partial charge < -0.3 is 10.4 Å². The molecule has 0 saturated heterocycles. The Bertz CT molecular complexity index is 716. The molecule has 3 N–H and O–H groups in total. The molecule has 1 heterocycles. The number of amides is 1. The minimum absolute atomic E-state index is 0.0514. The van der Waals surface area contributed by atoms with E-state index in [1.807, 2.05) is 6.92 Å². The Labute approximate surface area is 145 Å². The average molecular weight is 349 g/mol. The van der Waals surface area contributed by atoms with Gasteiger partial charge in [0.1, 0.15) is 5.60 Å². The van der Waals surface area contributed by atoms with E-state index in [4.69, 9.17) is 11.6 Å². The van der Waals surface area contributed by atoms with Crippen molar-refractivity contribution < 1.29 is 9.90 Å². The number of H-pyrrole nitrogens is 1. The fraction of sp³-hybridized carbons (Fsp3) is 0.471. The molecule has 3 rings (SSSR count). The SMILES string of the molecule is CCC(O)(CNC(=O)C1CCc2n[nH]nc2C1)c1ccc(Cl)cc1. The molecule has 0 radical (unpaired) electrons. The Morgan fingerprint density at radius 3 is 2.79 bits per heavy atom. The number of carbonyl (C=O) groups is 1. The molecule has 0 spiro atoms. The van der Waals surface area contributed by atoms with Gasteiger partial charge in [-0.25, -0.2) is 0 Å². The monoisotopic (exact) mass is 348 g/mol. The molecule has 2 unspecified atom stereocenters. The van der Waals surface area contributed by atoms with Crippen molar-refractivity contribution in [1.82, 2.24) is 20.7 Å². The lowest BCUT2D eigenvalue weighted by Gasteiger charge is -2.29. The van der Waals surface area contributed by atoms with Gasteiger partial charge in [-0.1, -0.05) is 30.7 Å². The van der Waals surface area contributed by atoms with Crippen molar-refractivity contribution in [3.63, 3.8) is 0 Å². The van der Waals surface area contributed by atoms with E-state index in [0.29, 0.717) is 17.9 Å². The molecule has 0 bridgehead atoms. The molecule has 2 atom stereocenters. The van der Waals surface area contributed by atoms with Crippen molar-refractivity contribution in [2.75, 3.05) is 6.54 Å². The van der Waals surface area contributed by atoms with Crippen molar-refractivity contribution in [3.05, 3.63) is 46.2 Å². The zero-order valence-corrected chi connectivity index (χ0v) is 14.3. The molecule has 7 heteroatoms. The van der Waals surface area contributed by atoms with Crippen LogP contribution in [0.2, 0.25) is 5.02 Å². The largest absolute Gasteiger partial charge is 0.383 e. The first-order valence-electron chi connectivity index (χ1n) is 8.16. The number of nitrogens with one attached hydrogen (secondary N) is 2. The fourth-order valence-electron chi connectivity index (χ4n) is 3.08.